The van der Waals surface area contributed by atoms with Crippen LogP contribution in [0.1, 0.15) is 39.4 Å². The molecule has 1 aromatic carbocycles. The number of rotatable bonds is 15. The summed E-state index contributed by atoms with van der Waals surface area (Å²) in [6, 6.07) is 6.04. The van der Waals surface area contributed by atoms with Crippen LogP contribution in [0.5, 0.6) is 0 Å². The molecule has 2 saturated heterocycles. The molecule has 0 bridgehead atoms. The normalized spacial score (nSPS) is 26.7. The van der Waals surface area contributed by atoms with Crippen molar-refractivity contribution in [3.05, 3.63) is 45.8 Å². The SMILES string of the molecule is C/C(=C\c1nc(N)n(-c2ccc([N+](=O)[O-])cc2)n1)C[C@@H]1OC[C@H](C[C@@H]2O[C@H]2[C@@H](C)[C@H](C)O[Si](C)(C)C)[C@@H](O[Si](C)(C)C)[C@H]1O[Si](C)(C)C. The van der Waals surface area contributed by atoms with Crippen LogP contribution in [-0.4, -0.2) is 87.9 Å². The second kappa shape index (κ2) is 14.9. The number of nitro benzene ring substituents is 1. The summed E-state index contributed by atoms with van der Waals surface area (Å²) in [5, 5.41) is 15.6. The highest BCUT2D eigenvalue weighted by Gasteiger charge is 2.51. The number of hydrogen-bond donors (Lipinski definition) is 1. The Hall–Kier alpha value is -2.25. The Labute approximate surface area is 289 Å². The van der Waals surface area contributed by atoms with Crippen molar-refractivity contribution in [2.45, 2.75) is 129 Å². The average molecular weight is 720 g/mol. The minimum Gasteiger partial charge on any atom is -0.415 e. The first-order valence-corrected chi connectivity index (χ1v) is 27.3. The van der Waals surface area contributed by atoms with Gasteiger partial charge in [-0.05, 0) is 104 Å². The Kier molecular flexibility index (Phi) is 12.0. The molecule has 2 aliphatic rings. The molecule has 3 heterocycles. The smallest absolute Gasteiger partial charge is 0.269 e. The highest BCUT2D eigenvalue weighted by Crippen LogP contribution is 2.41. The number of anilines is 1. The molecule has 268 valence electrons. The van der Waals surface area contributed by atoms with Gasteiger partial charge in [-0.1, -0.05) is 12.5 Å². The molecule has 8 atom stereocenters. The molecule has 0 spiro atoms. The number of ether oxygens (including phenoxy) is 2. The topological polar surface area (TPSA) is 149 Å². The maximum absolute atomic E-state index is 11.1. The zero-order chi connectivity index (χ0) is 35.8. The molecule has 12 nitrogen and oxygen atoms in total. The lowest BCUT2D eigenvalue weighted by molar-refractivity contribution is -0.384. The Morgan fingerprint density at radius 2 is 1.62 bits per heavy atom. The number of benzene rings is 1. The van der Waals surface area contributed by atoms with Crippen LogP contribution in [0.3, 0.4) is 0 Å². The number of hydrogen-bond acceptors (Lipinski definition) is 10. The van der Waals surface area contributed by atoms with E-state index in [1.807, 2.05) is 13.0 Å². The number of aromatic nitrogens is 3. The van der Waals surface area contributed by atoms with E-state index in [0.29, 0.717) is 30.5 Å². The molecule has 4 rings (SSSR count). The second-order valence-electron chi connectivity index (χ2n) is 16.4. The van der Waals surface area contributed by atoms with Crippen LogP contribution < -0.4 is 5.73 Å². The fourth-order valence-corrected chi connectivity index (χ4v) is 9.94. The van der Waals surface area contributed by atoms with E-state index in [1.54, 1.807) is 12.1 Å². The molecule has 0 amide bonds. The summed E-state index contributed by atoms with van der Waals surface area (Å²) in [5.74, 6) is 1.10. The van der Waals surface area contributed by atoms with Crippen molar-refractivity contribution in [1.29, 1.82) is 0 Å². The van der Waals surface area contributed by atoms with Crippen LogP contribution in [0.2, 0.25) is 58.9 Å². The van der Waals surface area contributed by atoms with E-state index in [9.17, 15) is 10.1 Å². The Morgan fingerprint density at radius 1 is 1.02 bits per heavy atom. The summed E-state index contributed by atoms with van der Waals surface area (Å²) >= 11 is 0. The monoisotopic (exact) mass is 719 g/mol. The summed E-state index contributed by atoms with van der Waals surface area (Å²) in [6.07, 6.45) is 3.31. The van der Waals surface area contributed by atoms with Crippen LogP contribution in [-0.2, 0) is 22.8 Å². The highest BCUT2D eigenvalue weighted by atomic mass is 28.4. The van der Waals surface area contributed by atoms with Crippen LogP contribution >= 0.6 is 0 Å². The molecule has 0 radical (unpaired) electrons. The van der Waals surface area contributed by atoms with Gasteiger partial charge in [0, 0.05) is 30.1 Å². The standard InChI is InChI=1S/C33H57N5O7Si3/c1-21(18-29-35-33(34)37(36-29)25-13-15-26(16-14-25)38(39)40)17-27-32(45-48(10,11)12)31(44-47(7,8)9)24(20-41-27)19-28-30(42-28)22(2)23(3)43-46(4,5)6/h13-16,18,22-24,27-28,30-32H,17,19-20H2,1-12H3,(H2,34,35,36)/b21-18+/t22-,23-,24-,27-,28-,30-,31+,32-/m0/s1. The summed E-state index contributed by atoms with van der Waals surface area (Å²) in [7, 11) is -5.61. The maximum Gasteiger partial charge on any atom is 0.269 e. The van der Waals surface area contributed by atoms with E-state index >= 15 is 0 Å². The van der Waals surface area contributed by atoms with Gasteiger partial charge in [0.15, 0.2) is 30.8 Å². The first-order chi connectivity index (χ1) is 22.1. The molecular formula is C33H57N5O7Si3. The van der Waals surface area contributed by atoms with Crippen molar-refractivity contribution in [2.75, 3.05) is 12.3 Å². The quantitative estimate of drug-likeness (QED) is 0.0879. The van der Waals surface area contributed by atoms with Crippen molar-refractivity contribution in [2.24, 2.45) is 11.8 Å². The van der Waals surface area contributed by atoms with Gasteiger partial charge >= 0.3 is 0 Å². The predicted molar refractivity (Wildman–Crippen MR) is 197 cm³/mol. The summed E-state index contributed by atoms with van der Waals surface area (Å²) in [4.78, 5) is 15.1. The third-order valence-electron chi connectivity index (χ3n) is 8.47. The molecule has 2 aliphatic heterocycles. The third kappa shape index (κ3) is 10.9. The molecule has 0 unspecified atom stereocenters. The van der Waals surface area contributed by atoms with Crippen molar-refractivity contribution in [1.82, 2.24) is 14.8 Å². The molecule has 48 heavy (non-hydrogen) atoms. The summed E-state index contributed by atoms with van der Waals surface area (Å²) < 4.78 is 34.7. The number of nitrogens with two attached hydrogens (primary N) is 1. The van der Waals surface area contributed by atoms with E-state index < -0.39 is 29.9 Å². The van der Waals surface area contributed by atoms with E-state index in [0.717, 1.165) is 12.0 Å². The first-order valence-electron chi connectivity index (χ1n) is 17.1. The number of nitro groups is 1. The number of nitrogens with zero attached hydrogens (tertiary/aromatic N) is 4. The van der Waals surface area contributed by atoms with Gasteiger partial charge in [-0.3, -0.25) is 10.1 Å². The fraction of sp³-hybridized carbons (Fsp3) is 0.697. The van der Waals surface area contributed by atoms with Crippen LogP contribution in [0.4, 0.5) is 11.6 Å². The van der Waals surface area contributed by atoms with Gasteiger partial charge in [0.05, 0.1) is 47.7 Å². The molecule has 1 aromatic heterocycles. The van der Waals surface area contributed by atoms with E-state index in [1.165, 1.54) is 16.8 Å². The van der Waals surface area contributed by atoms with Crippen molar-refractivity contribution < 1.29 is 27.7 Å². The molecular weight excluding hydrogens is 663 g/mol. The lowest BCUT2D eigenvalue weighted by atomic mass is 9.85. The van der Waals surface area contributed by atoms with Gasteiger partial charge in [-0.25, -0.2) is 0 Å². The molecule has 2 aromatic rings. The third-order valence-corrected chi connectivity index (χ3v) is 11.5. The minimum absolute atomic E-state index is 0.00434. The van der Waals surface area contributed by atoms with Gasteiger partial charge in [0.1, 0.15) is 0 Å². The van der Waals surface area contributed by atoms with Crippen LogP contribution in [0.15, 0.2) is 29.8 Å². The summed E-state index contributed by atoms with van der Waals surface area (Å²) in [6.45, 7) is 27.0. The summed E-state index contributed by atoms with van der Waals surface area (Å²) in [5.41, 5.74) is 7.80. The van der Waals surface area contributed by atoms with Crippen LogP contribution in [0, 0.1) is 22.0 Å². The minimum atomic E-state index is -2.00. The average Bonchev–Trinajstić information content (AvgIpc) is 3.61. The van der Waals surface area contributed by atoms with Crippen LogP contribution in [0.25, 0.3) is 11.8 Å². The van der Waals surface area contributed by atoms with Crippen molar-refractivity contribution in [3.8, 4) is 5.69 Å². The van der Waals surface area contributed by atoms with Gasteiger partial charge < -0.3 is 28.5 Å². The maximum atomic E-state index is 11.1. The molecule has 15 heteroatoms. The Bertz CT molecular complexity index is 1430. The van der Waals surface area contributed by atoms with E-state index in [-0.39, 0.29) is 54.2 Å². The Balaban J connectivity index is 1.51. The van der Waals surface area contributed by atoms with Gasteiger partial charge in [-0.2, -0.15) is 9.67 Å². The Morgan fingerprint density at radius 3 is 2.19 bits per heavy atom. The number of nitrogen functional groups attached to an aromatic ring is 1. The van der Waals surface area contributed by atoms with Gasteiger partial charge in [-0.15, -0.1) is 5.10 Å². The van der Waals surface area contributed by atoms with E-state index in [4.69, 9.17) is 28.5 Å². The lowest BCUT2D eigenvalue weighted by Gasteiger charge is -2.47. The lowest BCUT2D eigenvalue weighted by Crippen LogP contribution is -2.58. The molecule has 0 aliphatic carbocycles. The predicted octanol–water partition coefficient (Wildman–Crippen LogP) is 7.04. The first kappa shape index (κ1) is 38.6. The fourth-order valence-electron chi connectivity index (χ4n) is 6.36. The highest BCUT2D eigenvalue weighted by molar-refractivity contribution is 6.70. The zero-order valence-corrected chi connectivity index (χ0v) is 33.9. The molecule has 2 N–H and O–H groups in total. The molecule has 2 fully saturated rings. The van der Waals surface area contributed by atoms with Crippen molar-refractivity contribution >= 4 is 42.7 Å². The number of non-ortho nitro benzene ring substituents is 1. The van der Waals surface area contributed by atoms with E-state index in [2.05, 4.69) is 82.9 Å². The van der Waals surface area contributed by atoms with Crippen molar-refractivity contribution in [3.63, 3.8) is 0 Å². The van der Waals surface area contributed by atoms with Gasteiger partial charge in [0.2, 0.25) is 5.95 Å². The zero-order valence-electron chi connectivity index (χ0n) is 30.9. The largest absolute Gasteiger partial charge is 0.415 e. The second-order valence-corrected chi connectivity index (χ2v) is 29.8. The molecule has 0 saturated carbocycles. The number of epoxide rings is 1. The van der Waals surface area contributed by atoms with Gasteiger partial charge in [0.25, 0.3) is 5.69 Å².